The maximum absolute atomic E-state index is 13.6. The van der Waals surface area contributed by atoms with Crippen molar-refractivity contribution in [3.8, 4) is 0 Å². The van der Waals surface area contributed by atoms with Crippen molar-refractivity contribution in [1.29, 1.82) is 0 Å². The number of hydrogen-bond donors (Lipinski definition) is 1. The van der Waals surface area contributed by atoms with Gasteiger partial charge in [-0.1, -0.05) is 13.8 Å². The van der Waals surface area contributed by atoms with Crippen LogP contribution in [0, 0.1) is 11.6 Å². The average molecular weight is 228 g/mol. The Kier molecular flexibility index (Phi) is 4.52. The van der Waals surface area contributed by atoms with E-state index in [2.05, 4.69) is 0 Å². The van der Waals surface area contributed by atoms with Crippen LogP contribution >= 0.6 is 0 Å². The van der Waals surface area contributed by atoms with Crippen molar-refractivity contribution in [3.05, 3.63) is 23.8 Å². The lowest BCUT2D eigenvalue weighted by Crippen LogP contribution is -2.27. The summed E-state index contributed by atoms with van der Waals surface area (Å²) in [6, 6.07) is 2.04. The summed E-state index contributed by atoms with van der Waals surface area (Å²) >= 11 is 0. The SMILES string of the molecule is CCCN(CCC)c1c(N)cc(F)cc1F. The van der Waals surface area contributed by atoms with Crippen LogP contribution in [-0.2, 0) is 0 Å². The second-order valence-corrected chi connectivity index (χ2v) is 3.81. The molecule has 0 heterocycles. The number of nitrogen functional groups attached to an aromatic ring is 1. The van der Waals surface area contributed by atoms with Crippen LogP contribution in [0.5, 0.6) is 0 Å². The Morgan fingerprint density at radius 2 is 1.69 bits per heavy atom. The highest BCUT2D eigenvalue weighted by Gasteiger charge is 2.15. The molecule has 0 saturated heterocycles. The second-order valence-electron chi connectivity index (χ2n) is 3.81. The maximum atomic E-state index is 13.6. The molecule has 16 heavy (non-hydrogen) atoms. The molecule has 0 fully saturated rings. The quantitative estimate of drug-likeness (QED) is 0.784. The van der Waals surface area contributed by atoms with Gasteiger partial charge >= 0.3 is 0 Å². The number of rotatable bonds is 5. The summed E-state index contributed by atoms with van der Waals surface area (Å²) in [5, 5.41) is 0. The zero-order chi connectivity index (χ0) is 12.1. The molecule has 4 heteroatoms. The van der Waals surface area contributed by atoms with E-state index in [9.17, 15) is 8.78 Å². The van der Waals surface area contributed by atoms with Crippen LogP contribution in [0.25, 0.3) is 0 Å². The molecule has 0 aromatic heterocycles. The van der Waals surface area contributed by atoms with E-state index < -0.39 is 11.6 Å². The van der Waals surface area contributed by atoms with Gasteiger partial charge in [0.25, 0.3) is 0 Å². The number of nitrogens with two attached hydrogens (primary N) is 1. The molecule has 0 bridgehead atoms. The minimum absolute atomic E-state index is 0.166. The Hall–Kier alpha value is -1.32. The van der Waals surface area contributed by atoms with Gasteiger partial charge in [-0.15, -0.1) is 0 Å². The first-order valence-electron chi connectivity index (χ1n) is 5.59. The summed E-state index contributed by atoms with van der Waals surface area (Å²) in [4.78, 5) is 1.87. The fraction of sp³-hybridized carbons (Fsp3) is 0.500. The molecule has 1 aromatic carbocycles. The number of benzene rings is 1. The zero-order valence-corrected chi connectivity index (χ0v) is 9.76. The number of hydrogen-bond acceptors (Lipinski definition) is 2. The summed E-state index contributed by atoms with van der Waals surface area (Å²) in [7, 11) is 0. The smallest absolute Gasteiger partial charge is 0.151 e. The molecular formula is C12H18F2N2. The van der Waals surface area contributed by atoms with E-state index in [0.717, 1.165) is 38.1 Å². The summed E-state index contributed by atoms with van der Waals surface area (Å²) in [5.41, 5.74) is 6.15. The van der Waals surface area contributed by atoms with Crippen molar-refractivity contribution in [1.82, 2.24) is 0 Å². The number of nitrogens with zero attached hydrogens (tertiary/aromatic N) is 1. The number of anilines is 2. The summed E-state index contributed by atoms with van der Waals surface area (Å²) < 4.78 is 26.6. The van der Waals surface area contributed by atoms with Crippen molar-refractivity contribution >= 4 is 11.4 Å². The van der Waals surface area contributed by atoms with Crippen LogP contribution in [0.1, 0.15) is 26.7 Å². The van der Waals surface area contributed by atoms with Gasteiger partial charge in [0.2, 0.25) is 0 Å². The molecule has 1 rings (SSSR count). The first-order chi connectivity index (χ1) is 7.60. The molecule has 2 N–H and O–H groups in total. The molecule has 0 radical (unpaired) electrons. The Balaban J connectivity index is 3.07. The molecule has 0 spiro atoms. The molecule has 90 valence electrons. The van der Waals surface area contributed by atoms with Gasteiger partial charge < -0.3 is 10.6 Å². The highest BCUT2D eigenvalue weighted by Crippen LogP contribution is 2.28. The van der Waals surface area contributed by atoms with E-state index in [4.69, 9.17) is 5.73 Å². The molecule has 0 saturated carbocycles. The molecule has 0 unspecified atom stereocenters. The molecule has 0 aliphatic heterocycles. The molecule has 0 atom stereocenters. The fourth-order valence-electron chi connectivity index (χ4n) is 1.79. The van der Waals surface area contributed by atoms with Crippen LogP contribution in [0.3, 0.4) is 0 Å². The third-order valence-corrected chi connectivity index (χ3v) is 2.36. The van der Waals surface area contributed by atoms with Crippen molar-refractivity contribution < 1.29 is 8.78 Å². The van der Waals surface area contributed by atoms with Crippen LogP contribution in [0.2, 0.25) is 0 Å². The van der Waals surface area contributed by atoms with Crippen molar-refractivity contribution in [2.24, 2.45) is 0 Å². The third kappa shape index (κ3) is 2.84. The first-order valence-corrected chi connectivity index (χ1v) is 5.59. The highest BCUT2D eigenvalue weighted by molar-refractivity contribution is 5.68. The Bertz CT molecular complexity index is 324. The minimum atomic E-state index is -0.633. The van der Waals surface area contributed by atoms with E-state index in [1.165, 1.54) is 0 Å². The summed E-state index contributed by atoms with van der Waals surface area (Å²) in [6.45, 7) is 5.47. The standard InChI is InChI=1S/C12H18F2N2/c1-3-5-16(6-4-2)12-10(14)7-9(13)8-11(12)15/h7-8H,3-6,15H2,1-2H3. The van der Waals surface area contributed by atoms with E-state index in [-0.39, 0.29) is 5.69 Å². The van der Waals surface area contributed by atoms with Gasteiger partial charge in [0.05, 0.1) is 11.4 Å². The monoisotopic (exact) mass is 228 g/mol. The highest BCUT2D eigenvalue weighted by atomic mass is 19.1. The Morgan fingerprint density at radius 3 is 2.12 bits per heavy atom. The molecule has 0 aliphatic carbocycles. The maximum Gasteiger partial charge on any atom is 0.151 e. The van der Waals surface area contributed by atoms with Gasteiger partial charge in [0, 0.05) is 19.2 Å². The van der Waals surface area contributed by atoms with Gasteiger partial charge in [-0.2, -0.15) is 0 Å². The van der Waals surface area contributed by atoms with Gasteiger partial charge in [-0.25, -0.2) is 8.78 Å². The molecule has 2 nitrogen and oxygen atoms in total. The molecule has 0 aliphatic rings. The molecule has 0 amide bonds. The van der Waals surface area contributed by atoms with Gasteiger partial charge in [0.15, 0.2) is 5.82 Å². The van der Waals surface area contributed by atoms with Crippen LogP contribution < -0.4 is 10.6 Å². The number of halogens is 2. The third-order valence-electron chi connectivity index (χ3n) is 2.36. The van der Waals surface area contributed by atoms with E-state index in [1.54, 1.807) is 0 Å². The van der Waals surface area contributed by atoms with Crippen molar-refractivity contribution in [2.75, 3.05) is 23.7 Å². The lowest BCUT2D eigenvalue weighted by atomic mass is 10.2. The topological polar surface area (TPSA) is 29.3 Å². The summed E-state index contributed by atoms with van der Waals surface area (Å²) in [6.07, 6.45) is 1.80. The van der Waals surface area contributed by atoms with Crippen LogP contribution in [-0.4, -0.2) is 13.1 Å². The lowest BCUT2D eigenvalue weighted by molar-refractivity contribution is 0.578. The fourth-order valence-corrected chi connectivity index (χ4v) is 1.79. The Morgan fingerprint density at radius 1 is 1.12 bits per heavy atom. The summed E-state index contributed by atoms with van der Waals surface area (Å²) in [5.74, 6) is -1.22. The molecule has 1 aromatic rings. The molecular weight excluding hydrogens is 210 g/mol. The normalized spacial score (nSPS) is 10.5. The average Bonchev–Trinajstić information content (AvgIpc) is 2.16. The van der Waals surface area contributed by atoms with E-state index in [1.807, 2.05) is 18.7 Å². The van der Waals surface area contributed by atoms with Crippen molar-refractivity contribution in [2.45, 2.75) is 26.7 Å². The predicted molar refractivity (Wildman–Crippen MR) is 63.6 cm³/mol. The Labute approximate surface area is 95.1 Å². The van der Waals surface area contributed by atoms with Crippen LogP contribution in [0.15, 0.2) is 12.1 Å². The first kappa shape index (κ1) is 12.7. The zero-order valence-electron chi connectivity index (χ0n) is 9.76. The van der Waals surface area contributed by atoms with Crippen molar-refractivity contribution in [3.63, 3.8) is 0 Å². The minimum Gasteiger partial charge on any atom is -0.397 e. The van der Waals surface area contributed by atoms with E-state index in [0.29, 0.717) is 5.69 Å². The van der Waals surface area contributed by atoms with Gasteiger partial charge in [-0.3, -0.25) is 0 Å². The lowest BCUT2D eigenvalue weighted by Gasteiger charge is -2.25. The van der Waals surface area contributed by atoms with E-state index >= 15 is 0 Å². The van der Waals surface area contributed by atoms with Gasteiger partial charge in [0.1, 0.15) is 5.82 Å². The van der Waals surface area contributed by atoms with Crippen LogP contribution in [0.4, 0.5) is 20.2 Å². The predicted octanol–water partition coefficient (Wildman–Crippen LogP) is 3.17. The second kappa shape index (κ2) is 5.68. The van der Waals surface area contributed by atoms with Gasteiger partial charge in [-0.05, 0) is 18.9 Å². The largest absolute Gasteiger partial charge is 0.397 e.